The van der Waals surface area contributed by atoms with Gasteiger partial charge in [0.05, 0.1) is 5.03 Å². The van der Waals surface area contributed by atoms with Crippen molar-refractivity contribution in [2.75, 3.05) is 20.3 Å². The molecule has 0 aliphatic rings. The van der Waals surface area contributed by atoms with Crippen molar-refractivity contribution in [3.05, 3.63) is 44.0 Å². The molecule has 3 N–H and O–H groups in total. The van der Waals surface area contributed by atoms with Crippen LogP contribution in [0.1, 0.15) is 39.8 Å². The number of amides is 1. The van der Waals surface area contributed by atoms with E-state index in [1.54, 1.807) is 7.11 Å². The molecule has 0 unspecified atom stereocenters. The Morgan fingerprint density at radius 3 is 2.12 bits per heavy atom. The van der Waals surface area contributed by atoms with Gasteiger partial charge >= 0.3 is 0 Å². The monoisotopic (exact) mass is 375 g/mol. The number of rotatable bonds is 9. The van der Waals surface area contributed by atoms with Crippen molar-refractivity contribution in [3.8, 4) is 6.07 Å². The molecule has 0 radical (unpaired) electrons. The van der Waals surface area contributed by atoms with Crippen molar-refractivity contribution < 1.29 is 9.53 Å². The Morgan fingerprint density at radius 1 is 1.12 bits per heavy atom. The van der Waals surface area contributed by atoms with Crippen LogP contribution in [0.2, 0.25) is 0 Å². The van der Waals surface area contributed by atoms with Gasteiger partial charge in [0.2, 0.25) is 0 Å². The minimum Gasteiger partial charge on any atom is -0.385 e. The second-order valence-electron chi connectivity index (χ2n) is 6.35. The van der Waals surface area contributed by atoms with Gasteiger partial charge in [0.15, 0.2) is 0 Å². The molecule has 0 aromatic heterocycles. The fourth-order valence-electron chi connectivity index (χ4n) is 2.79. The van der Waals surface area contributed by atoms with Gasteiger partial charge in [-0.25, -0.2) is 0 Å². The first-order valence-corrected chi connectivity index (χ1v) is 9.60. The summed E-state index contributed by atoms with van der Waals surface area (Å²) in [5, 5.41) is 13.0. The summed E-state index contributed by atoms with van der Waals surface area (Å²) in [6, 6.07) is 1.93. The molecule has 0 saturated heterocycles. The molecule has 0 heterocycles. The molecule has 142 valence electrons. The van der Waals surface area contributed by atoms with Crippen LogP contribution in [0.4, 0.5) is 0 Å². The van der Waals surface area contributed by atoms with Crippen molar-refractivity contribution in [1.82, 2.24) is 5.32 Å². The first kappa shape index (κ1) is 22.1. The number of hydrogen-bond acceptors (Lipinski definition) is 5. The maximum Gasteiger partial charge on any atom is 0.262 e. The number of hydrogen-bond donors (Lipinski definition) is 2. The number of nitriles is 1. The van der Waals surface area contributed by atoms with Gasteiger partial charge in [0.25, 0.3) is 5.91 Å². The standard InChI is InChI=1S/C20H29N3O2S/c1-12-13(2)15(4)18(16(5)14(12)3)11-26-20(17(10-21)19(22)24)23-8-7-9-25-6/h23H,7-9,11H2,1-6H3,(H2,22,24)/b20-17+. The molecule has 0 aliphatic heterocycles. The van der Waals surface area contributed by atoms with Gasteiger partial charge in [-0.1, -0.05) is 0 Å². The van der Waals surface area contributed by atoms with Crippen LogP contribution in [0, 0.1) is 45.9 Å². The van der Waals surface area contributed by atoms with Crippen LogP contribution in [0.15, 0.2) is 10.6 Å². The zero-order valence-corrected chi connectivity index (χ0v) is 17.4. The number of nitrogens with two attached hydrogens (primary N) is 1. The highest BCUT2D eigenvalue weighted by Crippen LogP contribution is 2.31. The number of benzene rings is 1. The molecule has 0 spiro atoms. The van der Waals surface area contributed by atoms with E-state index in [2.05, 4.69) is 39.9 Å². The van der Waals surface area contributed by atoms with Gasteiger partial charge in [-0.15, -0.1) is 11.8 Å². The lowest BCUT2D eigenvalue weighted by atomic mass is 9.90. The zero-order valence-electron chi connectivity index (χ0n) is 16.6. The minimum absolute atomic E-state index is 0.0247. The van der Waals surface area contributed by atoms with Crippen molar-refractivity contribution >= 4 is 17.7 Å². The Kier molecular flexibility index (Phi) is 8.70. The Bertz CT molecular complexity index is 719. The third-order valence-electron chi connectivity index (χ3n) is 4.91. The number of thioether (sulfide) groups is 1. The van der Waals surface area contributed by atoms with Crippen LogP contribution >= 0.6 is 11.8 Å². The van der Waals surface area contributed by atoms with Crippen LogP contribution in [0.5, 0.6) is 0 Å². The Hall–Kier alpha value is -1.97. The van der Waals surface area contributed by atoms with Gasteiger partial charge in [-0.3, -0.25) is 4.79 Å². The van der Waals surface area contributed by atoms with E-state index in [4.69, 9.17) is 10.5 Å². The average Bonchev–Trinajstić information content (AvgIpc) is 2.61. The molecular formula is C20H29N3O2S. The SMILES string of the molecule is COCCCN/C(SCc1c(C)c(C)c(C)c(C)c1C)=C(/C#N)C(N)=O. The summed E-state index contributed by atoms with van der Waals surface area (Å²) in [5.41, 5.74) is 13.0. The number of ether oxygens (including phenoxy) is 1. The van der Waals surface area contributed by atoms with Crippen molar-refractivity contribution in [2.45, 2.75) is 46.8 Å². The molecule has 1 aromatic rings. The topological polar surface area (TPSA) is 88.1 Å². The summed E-state index contributed by atoms with van der Waals surface area (Å²) in [5.74, 6) is -0.0380. The molecule has 1 aromatic carbocycles. The summed E-state index contributed by atoms with van der Waals surface area (Å²) in [6.07, 6.45) is 0.777. The molecule has 0 atom stereocenters. The average molecular weight is 376 g/mol. The number of primary amides is 1. The maximum absolute atomic E-state index is 11.6. The van der Waals surface area contributed by atoms with E-state index in [9.17, 15) is 10.1 Å². The second kappa shape index (κ2) is 10.2. The van der Waals surface area contributed by atoms with Gasteiger partial charge in [0.1, 0.15) is 11.6 Å². The second-order valence-corrected chi connectivity index (χ2v) is 7.33. The minimum atomic E-state index is -0.709. The van der Waals surface area contributed by atoms with E-state index >= 15 is 0 Å². The van der Waals surface area contributed by atoms with Crippen LogP contribution < -0.4 is 11.1 Å². The third-order valence-corrected chi connectivity index (χ3v) is 5.98. The highest BCUT2D eigenvalue weighted by atomic mass is 32.2. The molecule has 6 heteroatoms. The largest absolute Gasteiger partial charge is 0.385 e. The van der Waals surface area contributed by atoms with Crippen molar-refractivity contribution in [3.63, 3.8) is 0 Å². The normalized spacial score (nSPS) is 11.7. The van der Waals surface area contributed by atoms with E-state index in [1.165, 1.54) is 45.1 Å². The first-order chi connectivity index (χ1) is 12.3. The van der Waals surface area contributed by atoms with Gasteiger partial charge in [-0.05, 0) is 74.4 Å². The predicted octanol–water partition coefficient (Wildman–Crippen LogP) is 3.31. The first-order valence-electron chi connectivity index (χ1n) is 8.61. The summed E-state index contributed by atoms with van der Waals surface area (Å²) in [7, 11) is 1.64. The quantitative estimate of drug-likeness (QED) is 0.393. The van der Waals surface area contributed by atoms with E-state index in [-0.39, 0.29) is 5.57 Å². The molecule has 1 rings (SSSR count). The van der Waals surface area contributed by atoms with Gasteiger partial charge < -0.3 is 15.8 Å². The number of carbonyl (C=O) groups is 1. The number of methoxy groups -OCH3 is 1. The molecule has 0 fully saturated rings. The van der Waals surface area contributed by atoms with Crippen molar-refractivity contribution in [2.24, 2.45) is 5.73 Å². The number of nitrogens with zero attached hydrogens (tertiary/aromatic N) is 1. The fourth-order valence-corrected chi connectivity index (χ4v) is 4.00. The highest BCUT2D eigenvalue weighted by molar-refractivity contribution is 8.02. The summed E-state index contributed by atoms with van der Waals surface area (Å²) in [6.45, 7) is 11.9. The molecule has 0 bridgehead atoms. The smallest absolute Gasteiger partial charge is 0.262 e. The van der Waals surface area contributed by atoms with E-state index in [0.29, 0.717) is 23.9 Å². The van der Waals surface area contributed by atoms with Crippen LogP contribution in [-0.2, 0) is 15.3 Å². The lowest BCUT2D eigenvalue weighted by Gasteiger charge is -2.19. The third kappa shape index (κ3) is 5.26. The number of carbonyl (C=O) groups excluding carboxylic acids is 1. The summed E-state index contributed by atoms with van der Waals surface area (Å²) < 4.78 is 5.04. The molecular weight excluding hydrogens is 346 g/mol. The van der Waals surface area contributed by atoms with E-state index in [0.717, 1.165) is 6.42 Å². The lowest BCUT2D eigenvalue weighted by molar-refractivity contribution is -0.114. The maximum atomic E-state index is 11.6. The lowest BCUT2D eigenvalue weighted by Crippen LogP contribution is -2.22. The Morgan fingerprint density at radius 2 is 1.65 bits per heavy atom. The predicted molar refractivity (Wildman–Crippen MR) is 108 cm³/mol. The summed E-state index contributed by atoms with van der Waals surface area (Å²) >= 11 is 1.45. The highest BCUT2D eigenvalue weighted by Gasteiger charge is 2.16. The molecule has 26 heavy (non-hydrogen) atoms. The van der Waals surface area contributed by atoms with Crippen LogP contribution in [0.3, 0.4) is 0 Å². The fraction of sp³-hybridized carbons (Fsp3) is 0.500. The zero-order chi connectivity index (χ0) is 19.9. The van der Waals surface area contributed by atoms with Crippen molar-refractivity contribution in [1.29, 1.82) is 5.26 Å². The van der Waals surface area contributed by atoms with Gasteiger partial charge in [0, 0.05) is 26.0 Å². The molecule has 0 aliphatic carbocycles. The van der Waals surface area contributed by atoms with E-state index < -0.39 is 5.91 Å². The van der Waals surface area contributed by atoms with Crippen LogP contribution in [-0.4, -0.2) is 26.2 Å². The molecule has 0 saturated carbocycles. The van der Waals surface area contributed by atoms with E-state index in [1.807, 2.05) is 6.07 Å². The Labute approximate surface area is 161 Å². The Balaban J connectivity index is 3.12. The molecule has 5 nitrogen and oxygen atoms in total. The van der Waals surface area contributed by atoms with Gasteiger partial charge in [-0.2, -0.15) is 5.26 Å². The molecule has 1 amide bonds. The summed E-state index contributed by atoms with van der Waals surface area (Å²) in [4.78, 5) is 11.6. The van der Waals surface area contributed by atoms with Crippen LogP contribution in [0.25, 0.3) is 0 Å². The number of nitrogens with one attached hydrogen (secondary N) is 1.